The summed E-state index contributed by atoms with van der Waals surface area (Å²) in [4.78, 5) is 12.1. The predicted molar refractivity (Wildman–Crippen MR) is 78.1 cm³/mol. The SMILES string of the molecule is CC(NC(=O)c1ccc(Br)c(O)c1)c1ccccc1. The third-order valence-corrected chi connectivity index (χ3v) is 3.53. The van der Waals surface area contributed by atoms with Crippen LogP contribution in [0.2, 0.25) is 0 Å². The maximum Gasteiger partial charge on any atom is 0.251 e. The molecule has 98 valence electrons. The zero-order valence-corrected chi connectivity index (χ0v) is 12.0. The first kappa shape index (κ1) is 13.6. The van der Waals surface area contributed by atoms with Gasteiger partial charge in [-0.05, 0) is 46.6 Å². The van der Waals surface area contributed by atoms with Gasteiger partial charge in [-0.1, -0.05) is 30.3 Å². The van der Waals surface area contributed by atoms with Crippen LogP contribution in [0.25, 0.3) is 0 Å². The average molecular weight is 320 g/mol. The lowest BCUT2D eigenvalue weighted by atomic mass is 10.1. The maximum atomic E-state index is 12.1. The maximum absolute atomic E-state index is 12.1. The Balaban J connectivity index is 2.11. The molecule has 0 aliphatic carbocycles. The third-order valence-electron chi connectivity index (χ3n) is 2.86. The van der Waals surface area contributed by atoms with Gasteiger partial charge in [0.2, 0.25) is 0 Å². The number of carbonyl (C=O) groups excluding carboxylic acids is 1. The van der Waals surface area contributed by atoms with E-state index in [0.717, 1.165) is 5.56 Å². The molecule has 0 saturated heterocycles. The van der Waals surface area contributed by atoms with Gasteiger partial charge in [0, 0.05) is 5.56 Å². The van der Waals surface area contributed by atoms with Crippen molar-refractivity contribution in [1.82, 2.24) is 5.32 Å². The Hall–Kier alpha value is -1.81. The highest BCUT2D eigenvalue weighted by molar-refractivity contribution is 9.10. The summed E-state index contributed by atoms with van der Waals surface area (Å²) in [7, 11) is 0. The molecule has 0 bridgehead atoms. The van der Waals surface area contributed by atoms with Crippen molar-refractivity contribution < 1.29 is 9.90 Å². The van der Waals surface area contributed by atoms with Gasteiger partial charge in [0.25, 0.3) is 5.91 Å². The van der Waals surface area contributed by atoms with E-state index in [1.54, 1.807) is 12.1 Å². The number of phenols is 1. The second kappa shape index (κ2) is 5.89. The molecule has 2 rings (SSSR count). The van der Waals surface area contributed by atoms with Crippen molar-refractivity contribution >= 4 is 21.8 Å². The molecule has 1 amide bonds. The molecule has 1 atom stereocenters. The van der Waals surface area contributed by atoms with E-state index in [1.165, 1.54) is 6.07 Å². The first-order valence-corrected chi connectivity index (χ1v) is 6.71. The lowest BCUT2D eigenvalue weighted by Crippen LogP contribution is -2.26. The van der Waals surface area contributed by atoms with Crippen molar-refractivity contribution in [3.63, 3.8) is 0 Å². The van der Waals surface area contributed by atoms with E-state index in [0.29, 0.717) is 10.0 Å². The quantitative estimate of drug-likeness (QED) is 0.907. The van der Waals surface area contributed by atoms with E-state index in [4.69, 9.17) is 0 Å². The number of phenolic OH excluding ortho intramolecular Hbond substituents is 1. The molecular weight excluding hydrogens is 306 g/mol. The lowest BCUT2D eigenvalue weighted by molar-refractivity contribution is 0.0939. The normalized spacial score (nSPS) is 11.9. The van der Waals surface area contributed by atoms with E-state index in [1.807, 2.05) is 37.3 Å². The van der Waals surface area contributed by atoms with Crippen LogP contribution < -0.4 is 5.32 Å². The summed E-state index contributed by atoms with van der Waals surface area (Å²) >= 11 is 3.18. The average Bonchev–Trinajstić information content (AvgIpc) is 2.42. The predicted octanol–water partition coefficient (Wildman–Crippen LogP) is 3.65. The first-order valence-electron chi connectivity index (χ1n) is 5.92. The zero-order valence-electron chi connectivity index (χ0n) is 10.4. The van der Waals surface area contributed by atoms with Gasteiger partial charge in [-0.3, -0.25) is 4.79 Å². The largest absolute Gasteiger partial charge is 0.507 e. The molecule has 1 unspecified atom stereocenters. The van der Waals surface area contributed by atoms with E-state index < -0.39 is 0 Å². The van der Waals surface area contributed by atoms with Crippen molar-refractivity contribution in [3.8, 4) is 5.75 Å². The molecule has 0 aliphatic rings. The second-order valence-electron chi connectivity index (χ2n) is 4.27. The monoisotopic (exact) mass is 319 g/mol. The minimum Gasteiger partial charge on any atom is -0.507 e. The van der Waals surface area contributed by atoms with Crippen molar-refractivity contribution in [3.05, 3.63) is 64.1 Å². The van der Waals surface area contributed by atoms with Gasteiger partial charge < -0.3 is 10.4 Å². The molecule has 3 nitrogen and oxygen atoms in total. The van der Waals surface area contributed by atoms with Crippen LogP contribution in [0.1, 0.15) is 28.9 Å². The lowest BCUT2D eigenvalue weighted by Gasteiger charge is -2.14. The molecule has 4 heteroatoms. The molecular formula is C15H14BrNO2. The van der Waals surface area contributed by atoms with E-state index in [2.05, 4.69) is 21.2 Å². The van der Waals surface area contributed by atoms with Gasteiger partial charge >= 0.3 is 0 Å². The standard InChI is InChI=1S/C15H14BrNO2/c1-10(11-5-3-2-4-6-11)17-15(19)12-7-8-13(16)14(18)9-12/h2-10,18H,1H3,(H,17,19). The Morgan fingerprint density at radius 3 is 2.53 bits per heavy atom. The number of nitrogens with one attached hydrogen (secondary N) is 1. The highest BCUT2D eigenvalue weighted by Gasteiger charge is 2.12. The number of carbonyl (C=O) groups is 1. The summed E-state index contributed by atoms with van der Waals surface area (Å²) < 4.78 is 0.570. The minimum absolute atomic E-state index is 0.0556. The van der Waals surface area contributed by atoms with Crippen molar-refractivity contribution in [1.29, 1.82) is 0 Å². The molecule has 0 aliphatic heterocycles. The molecule has 0 radical (unpaired) electrons. The fraction of sp³-hybridized carbons (Fsp3) is 0.133. The number of halogens is 1. The van der Waals surface area contributed by atoms with E-state index >= 15 is 0 Å². The summed E-state index contributed by atoms with van der Waals surface area (Å²) in [5.41, 5.74) is 1.47. The Kier molecular flexibility index (Phi) is 4.22. The van der Waals surface area contributed by atoms with E-state index in [9.17, 15) is 9.90 Å². The summed E-state index contributed by atoms with van der Waals surface area (Å²) in [6.07, 6.45) is 0. The van der Waals surface area contributed by atoms with Gasteiger partial charge in [0.05, 0.1) is 10.5 Å². The van der Waals surface area contributed by atoms with Crippen LogP contribution in [0.15, 0.2) is 53.0 Å². The number of hydrogen-bond acceptors (Lipinski definition) is 2. The Morgan fingerprint density at radius 2 is 1.89 bits per heavy atom. The van der Waals surface area contributed by atoms with Gasteiger partial charge in [-0.2, -0.15) is 0 Å². The third kappa shape index (κ3) is 3.35. The Labute approximate surface area is 120 Å². The molecule has 0 fully saturated rings. The van der Waals surface area contributed by atoms with Crippen molar-refractivity contribution in [2.24, 2.45) is 0 Å². The fourth-order valence-electron chi connectivity index (χ4n) is 1.76. The van der Waals surface area contributed by atoms with Crippen LogP contribution in [0, 0.1) is 0 Å². The van der Waals surface area contributed by atoms with Gasteiger partial charge in [0.1, 0.15) is 5.75 Å². The topological polar surface area (TPSA) is 49.3 Å². The number of aromatic hydroxyl groups is 1. The smallest absolute Gasteiger partial charge is 0.251 e. The van der Waals surface area contributed by atoms with Crippen LogP contribution in [-0.4, -0.2) is 11.0 Å². The van der Waals surface area contributed by atoms with Crippen LogP contribution in [-0.2, 0) is 0 Å². The Morgan fingerprint density at radius 1 is 1.21 bits per heavy atom. The van der Waals surface area contributed by atoms with Crippen LogP contribution in [0.5, 0.6) is 5.75 Å². The first-order chi connectivity index (χ1) is 9.08. The van der Waals surface area contributed by atoms with E-state index in [-0.39, 0.29) is 17.7 Å². The molecule has 0 spiro atoms. The van der Waals surface area contributed by atoms with Crippen LogP contribution in [0.3, 0.4) is 0 Å². The number of rotatable bonds is 3. The fourth-order valence-corrected chi connectivity index (χ4v) is 2.01. The molecule has 19 heavy (non-hydrogen) atoms. The summed E-state index contributed by atoms with van der Waals surface area (Å²) in [6.45, 7) is 1.92. The second-order valence-corrected chi connectivity index (χ2v) is 5.13. The number of amides is 1. The number of benzene rings is 2. The van der Waals surface area contributed by atoms with Crippen LogP contribution >= 0.6 is 15.9 Å². The highest BCUT2D eigenvalue weighted by Crippen LogP contribution is 2.24. The summed E-state index contributed by atoms with van der Waals surface area (Å²) in [6, 6.07) is 14.4. The summed E-state index contributed by atoms with van der Waals surface area (Å²) in [5, 5.41) is 12.5. The molecule has 0 saturated carbocycles. The van der Waals surface area contributed by atoms with Gasteiger partial charge in [-0.15, -0.1) is 0 Å². The zero-order chi connectivity index (χ0) is 13.8. The highest BCUT2D eigenvalue weighted by atomic mass is 79.9. The number of hydrogen-bond donors (Lipinski definition) is 2. The minimum atomic E-state index is -0.209. The molecule has 0 heterocycles. The molecule has 2 aromatic carbocycles. The summed E-state index contributed by atoms with van der Waals surface area (Å²) in [5.74, 6) is -0.154. The van der Waals surface area contributed by atoms with Crippen molar-refractivity contribution in [2.75, 3.05) is 0 Å². The van der Waals surface area contributed by atoms with Gasteiger partial charge in [0.15, 0.2) is 0 Å². The molecule has 2 N–H and O–H groups in total. The Bertz CT molecular complexity index is 584. The van der Waals surface area contributed by atoms with Gasteiger partial charge in [-0.25, -0.2) is 0 Å². The molecule has 0 aromatic heterocycles. The van der Waals surface area contributed by atoms with Crippen molar-refractivity contribution in [2.45, 2.75) is 13.0 Å². The van der Waals surface area contributed by atoms with Crippen LogP contribution in [0.4, 0.5) is 0 Å². The molecule has 2 aromatic rings.